The van der Waals surface area contributed by atoms with Gasteiger partial charge in [0.05, 0.1) is 30.5 Å². The maximum absolute atomic E-state index is 14.8. The average molecular weight is 409 g/mol. The zero-order valence-electron chi connectivity index (χ0n) is 16.0. The summed E-state index contributed by atoms with van der Waals surface area (Å²) in [5.74, 6) is -4.97. The lowest BCUT2D eigenvalue weighted by Crippen LogP contribution is -2.53. The smallest absolute Gasteiger partial charge is 0.410 e. The van der Waals surface area contributed by atoms with Crippen LogP contribution < -0.4 is 0 Å². The minimum Gasteiger partial charge on any atom is -0.450 e. The summed E-state index contributed by atoms with van der Waals surface area (Å²) in [6.07, 6.45) is 0.959. The van der Waals surface area contributed by atoms with Gasteiger partial charge in [0.15, 0.2) is 5.41 Å². The van der Waals surface area contributed by atoms with E-state index in [0.29, 0.717) is 11.6 Å². The van der Waals surface area contributed by atoms with Crippen molar-refractivity contribution in [2.45, 2.75) is 12.8 Å². The number of halogens is 2. The molecule has 0 saturated heterocycles. The highest BCUT2D eigenvalue weighted by molar-refractivity contribution is 6.01. The molecule has 152 valence electrons. The molecule has 0 radical (unpaired) electrons. The summed E-state index contributed by atoms with van der Waals surface area (Å²) in [6.45, 7) is 1.85. The van der Waals surface area contributed by atoms with Crippen LogP contribution >= 0.6 is 0 Å². The Bertz CT molecular complexity index is 1050. The molecule has 3 rings (SSSR count). The molecule has 1 aliphatic carbocycles. The first kappa shape index (κ1) is 21.0. The third kappa shape index (κ3) is 3.07. The van der Waals surface area contributed by atoms with Crippen molar-refractivity contribution in [3.8, 4) is 18.2 Å². The predicted octanol–water partition coefficient (Wildman–Crippen LogP) is 3.27. The van der Waals surface area contributed by atoms with E-state index in [9.17, 15) is 29.4 Å². The minimum atomic E-state index is -2.15. The van der Waals surface area contributed by atoms with Gasteiger partial charge in [0, 0.05) is 31.0 Å². The topological polar surface area (TPSA) is 125 Å². The molecule has 1 aromatic rings. The largest absolute Gasteiger partial charge is 0.450 e. The third-order valence-electron chi connectivity index (χ3n) is 5.61. The van der Waals surface area contributed by atoms with Crippen molar-refractivity contribution >= 4 is 11.8 Å². The van der Waals surface area contributed by atoms with Crippen molar-refractivity contribution in [1.82, 2.24) is 4.90 Å². The van der Waals surface area contributed by atoms with Crippen molar-refractivity contribution < 1.29 is 18.3 Å². The number of amides is 1. The fourth-order valence-corrected chi connectivity index (χ4v) is 4.27. The molecular weight excluding hydrogens is 392 g/mol. The molecule has 1 heterocycles. The van der Waals surface area contributed by atoms with Gasteiger partial charge in [-0.25, -0.2) is 13.6 Å². The van der Waals surface area contributed by atoms with Crippen LogP contribution in [-0.4, -0.2) is 36.4 Å². The molecule has 1 fully saturated rings. The molecule has 2 aliphatic rings. The molecule has 1 saturated carbocycles. The Labute approximate surface area is 171 Å². The summed E-state index contributed by atoms with van der Waals surface area (Å²) in [4.78, 5) is 13.6. The Morgan fingerprint density at radius 1 is 1.33 bits per heavy atom. The number of ether oxygens (including phenoxy) is 1. The first-order valence-corrected chi connectivity index (χ1v) is 9.22. The molecule has 9 heteroatoms. The van der Waals surface area contributed by atoms with Crippen LogP contribution in [0.25, 0.3) is 0 Å². The average Bonchev–Trinajstić information content (AvgIpc) is 2.73. The van der Waals surface area contributed by atoms with Gasteiger partial charge in [0.1, 0.15) is 17.6 Å². The Balaban J connectivity index is 2.23. The highest BCUT2D eigenvalue weighted by atomic mass is 19.1. The van der Waals surface area contributed by atoms with Gasteiger partial charge in [-0.2, -0.15) is 15.8 Å². The van der Waals surface area contributed by atoms with Crippen LogP contribution in [0.2, 0.25) is 0 Å². The summed E-state index contributed by atoms with van der Waals surface area (Å²) < 4.78 is 33.3. The van der Waals surface area contributed by atoms with E-state index in [2.05, 4.69) is 0 Å². The molecule has 0 spiro atoms. The molecule has 3 atom stereocenters. The van der Waals surface area contributed by atoms with Gasteiger partial charge >= 0.3 is 6.09 Å². The normalized spacial score (nSPS) is 24.5. The fraction of sp³-hybridized carbons (Fsp3) is 0.381. The van der Waals surface area contributed by atoms with E-state index in [1.165, 1.54) is 4.90 Å². The molecule has 0 bridgehead atoms. The van der Waals surface area contributed by atoms with Crippen molar-refractivity contribution in [3.63, 3.8) is 0 Å². The summed E-state index contributed by atoms with van der Waals surface area (Å²) in [7, 11) is 0. The molecule has 1 amide bonds. The molecule has 1 aromatic carbocycles. The molecular formula is C21H17F2N5O2. The van der Waals surface area contributed by atoms with Gasteiger partial charge in [-0.3, -0.25) is 0 Å². The lowest BCUT2D eigenvalue weighted by atomic mass is 9.54. The number of carbonyl (C=O) groups excluding carboxylic acids is 1. The van der Waals surface area contributed by atoms with Crippen LogP contribution in [0.3, 0.4) is 0 Å². The van der Waals surface area contributed by atoms with Crippen LogP contribution in [0.5, 0.6) is 0 Å². The Morgan fingerprint density at radius 3 is 2.60 bits per heavy atom. The molecule has 1 unspecified atom stereocenters. The lowest BCUT2D eigenvalue weighted by molar-refractivity contribution is 0.0990. The van der Waals surface area contributed by atoms with E-state index < -0.39 is 46.6 Å². The van der Waals surface area contributed by atoms with Gasteiger partial charge < -0.3 is 15.0 Å². The van der Waals surface area contributed by atoms with Crippen LogP contribution in [0.1, 0.15) is 18.4 Å². The Kier molecular flexibility index (Phi) is 5.54. The molecule has 1 aliphatic heterocycles. The first-order valence-electron chi connectivity index (χ1n) is 9.22. The second kappa shape index (κ2) is 7.93. The monoisotopic (exact) mass is 409 g/mol. The number of hydrogen-bond donors (Lipinski definition) is 1. The predicted molar refractivity (Wildman–Crippen MR) is 99.8 cm³/mol. The number of carbonyl (C=O) groups is 1. The van der Waals surface area contributed by atoms with Crippen molar-refractivity contribution in [2.75, 3.05) is 19.7 Å². The summed E-state index contributed by atoms with van der Waals surface area (Å²) in [5, 5.41) is 37.9. The lowest BCUT2D eigenvalue weighted by Gasteiger charge is -2.47. The summed E-state index contributed by atoms with van der Waals surface area (Å²) in [5.41, 5.74) is -2.28. The second-order valence-corrected chi connectivity index (χ2v) is 7.07. The van der Waals surface area contributed by atoms with Crippen LogP contribution in [-0.2, 0) is 4.74 Å². The second-order valence-electron chi connectivity index (χ2n) is 7.07. The van der Waals surface area contributed by atoms with Crippen molar-refractivity contribution in [1.29, 1.82) is 21.2 Å². The number of nitriles is 3. The number of nitrogens with zero attached hydrogens (tertiary/aromatic N) is 4. The van der Waals surface area contributed by atoms with Crippen molar-refractivity contribution in [2.24, 2.45) is 17.3 Å². The van der Waals surface area contributed by atoms with Crippen molar-refractivity contribution in [3.05, 3.63) is 47.0 Å². The number of fused-ring (bicyclic) bond motifs is 1. The highest BCUT2D eigenvalue weighted by Gasteiger charge is 2.58. The maximum Gasteiger partial charge on any atom is 0.410 e. The molecule has 7 nitrogen and oxygen atoms in total. The van der Waals surface area contributed by atoms with E-state index in [1.54, 1.807) is 13.0 Å². The quantitative estimate of drug-likeness (QED) is 0.751. The van der Waals surface area contributed by atoms with Crippen LogP contribution in [0.4, 0.5) is 13.6 Å². The number of rotatable bonds is 2. The van der Waals surface area contributed by atoms with E-state index >= 15 is 0 Å². The first-order chi connectivity index (χ1) is 14.3. The molecule has 30 heavy (non-hydrogen) atoms. The van der Waals surface area contributed by atoms with Gasteiger partial charge in [0.25, 0.3) is 0 Å². The third-order valence-corrected chi connectivity index (χ3v) is 5.61. The standard InChI is InChI=1S/C21H17F2N5O2/c1-2-30-20(29)28-6-5-13-15(8-24)19(27)21(10-25,11-26)18(16(13)9-28)14-4-3-12(22)7-17(14)23/h3-5,7,15-16,18,27H,2,6,9H2,1H3/t15?,16-,18-/m1/s1. The van der Waals surface area contributed by atoms with E-state index in [1.807, 2.05) is 18.2 Å². The molecule has 0 aromatic heterocycles. The molecule has 1 N–H and O–H groups in total. The van der Waals surface area contributed by atoms with Gasteiger partial charge in [0.2, 0.25) is 0 Å². The van der Waals surface area contributed by atoms with E-state index in [0.717, 1.165) is 12.1 Å². The fourth-order valence-electron chi connectivity index (χ4n) is 4.27. The summed E-state index contributed by atoms with van der Waals surface area (Å²) in [6, 6.07) is 8.38. The highest BCUT2D eigenvalue weighted by Crippen LogP contribution is 2.53. The number of benzene rings is 1. The Morgan fingerprint density at radius 2 is 2.03 bits per heavy atom. The van der Waals surface area contributed by atoms with E-state index in [-0.39, 0.29) is 25.3 Å². The SMILES string of the molecule is CCOC(=O)N1CC=C2C(C#N)C(=N)C(C#N)(C#N)[C@H](c3ccc(F)cc3F)[C@@H]2C1. The van der Waals surface area contributed by atoms with Gasteiger partial charge in [-0.1, -0.05) is 12.1 Å². The van der Waals surface area contributed by atoms with Gasteiger partial charge in [-0.05, 0) is 24.1 Å². The number of nitrogens with one attached hydrogen (secondary N) is 1. The van der Waals surface area contributed by atoms with E-state index in [4.69, 9.17) is 10.1 Å². The van der Waals surface area contributed by atoms with Crippen LogP contribution in [0, 0.1) is 68.3 Å². The number of hydrogen-bond acceptors (Lipinski definition) is 6. The van der Waals surface area contributed by atoms with Gasteiger partial charge in [-0.15, -0.1) is 0 Å². The zero-order chi connectivity index (χ0) is 22.1. The minimum absolute atomic E-state index is 0.0390. The van der Waals surface area contributed by atoms with Crippen LogP contribution in [0.15, 0.2) is 29.8 Å². The summed E-state index contributed by atoms with van der Waals surface area (Å²) >= 11 is 0. The Hall–Kier alpha value is -3.77. The zero-order valence-corrected chi connectivity index (χ0v) is 16.0. The maximum atomic E-state index is 14.8.